The molecule has 1 fully saturated rings. The number of ether oxygens (including phenoxy) is 1. The van der Waals surface area contributed by atoms with E-state index in [2.05, 4.69) is 5.32 Å². The summed E-state index contributed by atoms with van der Waals surface area (Å²) in [6.45, 7) is 2.94. The minimum atomic E-state index is -0.744. The number of likely N-dealkylation sites (N-methyl/N-ethyl adjacent to an activating group) is 1. The molecule has 0 spiro atoms. The normalized spacial score (nSPS) is 18.7. The van der Waals surface area contributed by atoms with Gasteiger partial charge in [-0.25, -0.2) is 8.78 Å². The first-order valence-electron chi connectivity index (χ1n) is 6.88. The maximum Gasteiger partial charge on any atom is 0.245 e. The number of carbonyl (C=O) groups is 1. The first kappa shape index (κ1) is 15.7. The second kappa shape index (κ2) is 6.82. The number of morpholine rings is 1. The highest BCUT2D eigenvalue weighted by molar-refractivity contribution is 5.85. The van der Waals surface area contributed by atoms with E-state index in [1.165, 1.54) is 17.0 Å². The molecule has 7 heteroatoms. The van der Waals surface area contributed by atoms with Crippen LogP contribution in [0.3, 0.4) is 0 Å². The monoisotopic (exact) mass is 299 g/mol. The van der Waals surface area contributed by atoms with Gasteiger partial charge in [0.05, 0.1) is 13.2 Å². The Labute approximate surface area is 122 Å². The van der Waals surface area contributed by atoms with Gasteiger partial charge in [0.25, 0.3) is 0 Å². The maximum atomic E-state index is 14.2. The van der Waals surface area contributed by atoms with E-state index in [1.807, 2.05) is 0 Å². The number of benzene rings is 1. The van der Waals surface area contributed by atoms with E-state index in [1.54, 1.807) is 6.92 Å². The Hall–Kier alpha value is -1.73. The number of nitrogens with two attached hydrogens (primary N) is 1. The first-order chi connectivity index (χ1) is 10.1. The number of nitrogens with one attached hydrogen (secondary N) is 1. The zero-order valence-corrected chi connectivity index (χ0v) is 11.9. The summed E-state index contributed by atoms with van der Waals surface area (Å²) in [5.74, 6) is -1.74. The second-order valence-corrected chi connectivity index (χ2v) is 4.79. The molecule has 0 saturated carbocycles. The molecule has 21 heavy (non-hydrogen) atoms. The molecule has 0 aromatic heterocycles. The van der Waals surface area contributed by atoms with E-state index >= 15 is 0 Å². The average Bonchev–Trinajstić information content (AvgIpc) is 2.47. The van der Waals surface area contributed by atoms with Crippen LogP contribution in [-0.2, 0) is 16.1 Å². The van der Waals surface area contributed by atoms with Gasteiger partial charge in [-0.3, -0.25) is 4.79 Å². The smallest absolute Gasteiger partial charge is 0.245 e. The lowest BCUT2D eigenvalue weighted by atomic mass is 10.1. The molecule has 116 valence electrons. The summed E-state index contributed by atoms with van der Waals surface area (Å²) in [7, 11) is 0. The molecule has 1 aromatic carbocycles. The van der Waals surface area contributed by atoms with Crippen LogP contribution in [0.15, 0.2) is 12.1 Å². The van der Waals surface area contributed by atoms with E-state index in [0.717, 1.165) is 0 Å². The molecule has 1 unspecified atom stereocenters. The molecule has 3 N–H and O–H groups in total. The van der Waals surface area contributed by atoms with Crippen molar-refractivity contribution in [3.8, 4) is 0 Å². The third-order valence-electron chi connectivity index (χ3n) is 3.38. The van der Waals surface area contributed by atoms with Gasteiger partial charge in [-0.1, -0.05) is 0 Å². The zero-order valence-electron chi connectivity index (χ0n) is 11.9. The molecule has 1 aliphatic heterocycles. The molecule has 1 atom stereocenters. The predicted molar refractivity (Wildman–Crippen MR) is 74.9 cm³/mol. The number of nitrogens with zero attached hydrogens (tertiary/aromatic N) is 1. The molecule has 1 heterocycles. The molecule has 1 aliphatic rings. The van der Waals surface area contributed by atoms with Gasteiger partial charge in [0.2, 0.25) is 5.91 Å². The van der Waals surface area contributed by atoms with E-state index in [-0.39, 0.29) is 31.3 Å². The molecule has 1 saturated heterocycles. The number of halogens is 2. The van der Waals surface area contributed by atoms with Gasteiger partial charge in [0.1, 0.15) is 23.4 Å². The second-order valence-electron chi connectivity index (χ2n) is 4.79. The summed E-state index contributed by atoms with van der Waals surface area (Å²) >= 11 is 0. The topological polar surface area (TPSA) is 67.6 Å². The van der Waals surface area contributed by atoms with Crippen molar-refractivity contribution in [1.82, 2.24) is 5.32 Å². The van der Waals surface area contributed by atoms with Crippen molar-refractivity contribution in [3.05, 3.63) is 29.3 Å². The Balaban J connectivity index is 2.35. The highest BCUT2D eigenvalue weighted by atomic mass is 19.1. The summed E-state index contributed by atoms with van der Waals surface area (Å²) in [5.41, 5.74) is 5.57. The minimum Gasteiger partial charge on any atom is -0.377 e. The summed E-state index contributed by atoms with van der Waals surface area (Å²) in [5, 5.41) is 2.65. The average molecular weight is 299 g/mol. The van der Waals surface area contributed by atoms with Crippen LogP contribution < -0.4 is 16.0 Å². The Morgan fingerprint density at radius 2 is 2.14 bits per heavy atom. The van der Waals surface area contributed by atoms with Crippen molar-refractivity contribution in [3.63, 3.8) is 0 Å². The molecule has 0 radical (unpaired) electrons. The molecule has 0 aliphatic carbocycles. The van der Waals surface area contributed by atoms with Crippen LogP contribution in [0.4, 0.5) is 14.5 Å². The van der Waals surface area contributed by atoms with Crippen LogP contribution >= 0.6 is 0 Å². The third kappa shape index (κ3) is 3.30. The molecule has 1 amide bonds. The lowest BCUT2D eigenvalue weighted by Gasteiger charge is -2.36. The highest BCUT2D eigenvalue weighted by Gasteiger charge is 2.32. The fourth-order valence-corrected chi connectivity index (χ4v) is 2.39. The summed E-state index contributed by atoms with van der Waals surface area (Å²) in [6, 6.07) is 1.65. The number of hydrogen-bond acceptors (Lipinski definition) is 4. The number of carbonyl (C=O) groups excluding carboxylic acids is 1. The van der Waals surface area contributed by atoms with Crippen molar-refractivity contribution >= 4 is 11.6 Å². The van der Waals surface area contributed by atoms with E-state index in [0.29, 0.717) is 18.7 Å². The SMILES string of the molecule is CCNC(=O)C1COCCN1c1c(F)cc(CN)cc1F. The van der Waals surface area contributed by atoms with Gasteiger partial charge in [0.15, 0.2) is 0 Å². The summed E-state index contributed by atoms with van der Waals surface area (Å²) in [4.78, 5) is 13.4. The van der Waals surface area contributed by atoms with Crippen LogP contribution in [-0.4, -0.2) is 38.3 Å². The largest absolute Gasteiger partial charge is 0.377 e. The van der Waals surface area contributed by atoms with Crippen LogP contribution in [0.5, 0.6) is 0 Å². The van der Waals surface area contributed by atoms with Crippen molar-refractivity contribution in [2.24, 2.45) is 5.73 Å². The van der Waals surface area contributed by atoms with Gasteiger partial charge >= 0.3 is 0 Å². The highest BCUT2D eigenvalue weighted by Crippen LogP contribution is 2.28. The number of anilines is 1. The Kier molecular flexibility index (Phi) is 5.08. The summed E-state index contributed by atoms with van der Waals surface area (Å²) < 4.78 is 33.6. The maximum absolute atomic E-state index is 14.2. The molecule has 5 nitrogen and oxygen atoms in total. The van der Waals surface area contributed by atoms with E-state index in [4.69, 9.17) is 10.5 Å². The molecule has 2 rings (SSSR count). The van der Waals surface area contributed by atoms with Gasteiger partial charge in [0, 0.05) is 19.6 Å². The lowest BCUT2D eigenvalue weighted by molar-refractivity contribution is -0.124. The molecule has 1 aromatic rings. The number of hydrogen-bond donors (Lipinski definition) is 2. The minimum absolute atomic E-state index is 0.0526. The molecule has 0 bridgehead atoms. The van der Waals surface area contributed by atoms with Gasteiger partial charge in [-0.2, -0.15) is 0 Å². The van der Waals surface area contributed by atoms with Crippen LogP contribution in [0.25, 0.3) is 0 Å². The Morgan fingerprint density at radius 1 is 1.48 bits per heavy atom. The quantitative estimate of drug-likeness (QED) is 0.861. The standard InChI is InChI=1S/C14H19F2N3O2/c1-2-18-14(20)12-8-21-4-3-19(12)13-10(15)5-9(7-17)6-11(13)16/h5-6,12H,2-4,7-8,17H2,1H3,(H,18,20). The van der Waals surface area contributed by atoms with Crippen molar-refractivity contribution < 1.29 is 18.3 Å². The molecular formula is C14H19F2N3O2. The van der Waals surface area contributed by atoms with E-state index in [9.17, 15) is 13.6 Å². The van der Waals surface area contributed by atoms with Crippen molar-refractivity contribution in [2.75, 3.05) is 31.2 Å². The fraction of sp³-hybridized carbons (Fsp3) is 0.500. The van der Waals surface area contributed by atoms with E-state index < -0.39 is 17.7 Å². The van der Waals surface area contributed by atoms with Crippen LogP contribution in [0.2, 0.25) is 0 Å². The fourth-order valence-electron chi connectivity index (χ4n) is 2.39. The van der Waals surface area contributed by atoms with Crippen molar-refractivity contribution in [2.45, 2.75) is 19.5 Å². The Morgan fingerprint density at radius 3 is 2.71 bits per heavy atom. The number of rotatable bonds is 4. The Bertz CT molecular complexity index is 502. The van der Waals surface area contributed by atoms with Crippen LogP contribution in [0, 0.1) is 11.6 Å². The van der Waals surface area contributed by atoms with Gasteiger partial charge in [-0.05, 0) is 24.6 Å². The molecular weight excluding hydrogens is 280 g/mol. The van der Waals surface area contributed by atoms with Gasteiger partial charge < -0.3 is 20.7 Å². The third-order valence-corrected chi connectivity index (χ3v) is 3.38. The van der Waals surface area contributed by atoms with Crippen molar-refractivity contribution in [1.29, 1.82) is 0 Å². The number of amides is 1. The first-order valence-corrected chi connectivity index (χ1v) is 6.88. The van der Waals surface area contributed by atoms with Crippen LogP contribution in [0.1, 0.15) is 12.5 Å². The summed E-state index contributed by atoms with van der Waals surface area (Å²) in [6.07, 6.45) is 0. The lowest BCUT2D eigenvalue weighted by Crippen LogP contribution is -2.54. The van der Waals surface area contributed by atoms with Gasteiger partial charge in [-0.15, -0.1) is 0 Å². The zero-order chi connectivity index (χ0) is 15.4. The predicted octanol–water partition coefficient (Wildman–Crippen LogP) is 0.765.